The predicted octanol–water partition coefficient (Wildman–Crippen LogP) is 4.58. The van der Waals surface area contributed by atoms with Crippen LogP contribution in [0.1, 0.15) is 5.56 Å². The summed E-state index contributed by atoms with van der Waals surface area (Å²) in [6, 6.07) is 9.84. The molecular weight excluding hydrogens is 445 g/mol. The highest BCUT2D eigenvalue weighted by Gasteiger charge is 2.35. The van der Waals surface area contributed by atoms with Crippen molar-refractivity contribution in [2.24, 2.45) is 0 Å². The minimum absolute atomic E-state index is 0.0785. The Morgan fingerprint density at radius 3 is 2.41 bits per heavy atom. The van der Waals surface area contributed by atoms with Crippen molar-refractivity contribution in [3.8, 4) is 5.75 Å². The molecule has 4 rings (SSSR count). The number of ether oxygens (including phenoxy) is 1. The van der Waals surface area contributed by atoms with Crippen molar-refractivity contribution in [2.75, 3.05) is 11.4 Å². The van der Waals surface area contributed by atoms with E-state index in [0.717, 1.165) is 18.5 Å². The zero-order valence-corrected chi connectivity index (χ0v) is 17.3. The van der Waals surface area contributed by atoms with Crippen molar-refractivity contribution in [3.05, 3.63) is 79.0 Å². The van der Waals surface area contributed by atoms with Gasteiger partial charge in [-0.05, 0) is 41.8 Å². The Morgan fingerprint density at radius 2 is 1.72 bits per heavy atom. The van der Waals surface area contributed by atoms with E-state index in [9.17, 15) is 21.6 Å². The van der Waals surface area contributed by atoms with Crippen molar-refractivity contribution < 1.29 is 26.3 Å². The lowest BCUT2D eigenvalue weighted by atomic mass is 10.1. The van der Waals surface area contributed by atoms with E-state index in [1.165, 1.54) is 37.7 Å². The van der Waals surface area contributed by atoms with Crippen LogP contribution in [-0.2, 0) is 16.2 Å². The molecule has 11 heteroatoms. The molecule has 0 atom stereocenters. The number of pyridine rings is 1. The standard InChI is InChI=1S/C21H15F3N4O3S/c1-31-19-5-3-16(21(22,23)24)11-18(19)28(20-7-9-26-13-27-20)32(29,30)17-4-2-15-12-25-8-6-14(15)10-17/h2-13H,1H3. The van der Waals surface area contributed by atoms with Gasteiger partial charge in [-0.1, -0.05) is 6.07 Å². The number of halogens is 3. The molecule has 0 saturated heterocycles. The third kappa shape index (κ3) is 3.94. The molecule has 0 amide bonds. The number of methoxy groups -OCH3 is 1. The molecule has 2 aromatic carbocycles. The van der Waals surface area contributed by atoms with Gasteiger partial charge >= 0.3 is 6.18 Å². The van der Waals surface area contributed by atoms with E-state index in [2.05, 4.69) is 15.0 Å². The number of anilines is 2. The lowest BCUT2D eigenvalue weighted by molar-refractivity contribution is -0.137. The number of fused-ring (bicyclic) bond motifs is 1. The van der Waals surface area contributed by atoms with Crippen LogP contribution in [0.2, 0.25) is 0 Å². The normalized spacial score (nSPS) is 12.0. The summed E-state index contributed by atoms with van der Waals surface area (Å²) in [5.41, 5.74) is -1.37. The molecule has 0 unspecified atom stereocenters. The van der Waals surface area contributed by atoms with Crippen LogP contribution in [0.4, 0.5) is 24.7 Å². The average molecular weight is 460 g/mol. The first-order valence-corrected chi connectivity index (χ1v) is 10.6. The number of hydrogen-bond donors (Lipinski definition) is 0. The first kappa shape index (κ1) is 21.5. The van der Waals surface area contributed by atoms with Gasteiger partial charge in [0.1, 0.15) is 17.8 Å². The lowest BCUT2D eigenvalue weighted by Gasteiger charge is -2.26. The first-order valence-electron chi connectivity index (χ1n) is 9.12. The predicted molar refractivity (Wildman–Crippen MR) is 111 cm³/mol. The zero-order valence-electron chi connectivity index (χ0n) is 16.5. The number of benzene rings is 2. The third-order valence-electron chi connectivity index (χ3n) is 4.65. The second kappa shape index (κ2) is 8.08. The fraction of sp³-hybridized carbons (Fsp3) is 0.0952. The number of nitrogens with zero attached hydrogens (tertiary/aromatic N) is 4. The van der Waals surface area contributed by atoms with E-state index in [1.807, 2.05) is 0 Å². The highest BCUT2D eigenvalue weighted by molar-refractivity contribution is 7.93. The topological polar surface area (TPSA) is 85.3 Å². The van der Waals surface area contributed by atoms with E-state index in [0.29, 0.717) is 21.1 Å². The highest BCUT2D eigenvalue weighted by Crippen LogP contribution is 2.41. The van der Waals surface area contributed by atoms with E-state index >= 15 is 0 Å². The fourth-order valence-corrected chi connectivity index (χ4v) is 4.61. The van der Waals surface area contributed by atoms with Crippen molar-refractivity contribution in [1.82, 2.24) is 15.0 Å². The number of aromatic nitrogens is 3. The highest BCUT2D eigenvalue weighted by atomic mass is 32.2. The summed E-state index contributed by atoms with van der Waals surface area (Å²) in [7, 11) is -3.18. The number of rotatable bonds is 5. The van der Waals surface area contributed by atoms with Gasteiger partial charge in [0.05, 0.1) is 17.6 Å². The second-order valence-electron chi connectivity index (χ2n) is 6.61. The van der Waals surface area contributed by atoms with Crippen LogP contribution in [0.15, 0.2) is 78.3 Å². The number of hydrogen-bond acceptors (Lipinski definition) is 6. The Hall–Kier alpha value is -3.73. The Kier molecular flexibility index (Phi) is 5.43. The van der Waals surface area contributed by atoms with Gasteiger partial charge in [0.2, 0.25) is 0 Å². The molecule has 0 aliphatic heterocycles. The summed E-state index contributed by atoms with van der Waals surface area (Å²) in [5, 5.41) is 1.30. The van der Waals surface area contributed by atoms with Crippen LogP contribution < -0.4 is 9.04 Å². The molecule has 0 aliphatic carbocycles. The van der Waals surface area contributed by atoms with Gasteiger partial charge < -0.3 is 4.74 Å². The summed E-state index contributed by atoms with van der Waals surface area (Å²) >= 11 is 0. The molecule has 0 N–H and O–H groups in total. The fourth-order valence-electron chi connectivity index (χ4n) is 3.13. The van der Waals surface area contributed by atoms with Crippen LogP contribution in [0, 0.1) is 0 Å². The largest absolute Gasteiger partial charge is 0.495 e. The minimum Gasteiger partial charge on any atom is -0.495 e. The van der Waals surface area contributed by atoms with Crippen molar-refractivity contribution in [2.45, 2.75) is 11.1 Å². The molecule has 4 aromatic rings. The van der Waals surface area contributed by atoms with Crippen LogP contribution in [0.25, 0.3) is 10.8 Å². The monoisotopic (exact) mass is 460 g/mol. The van der Waals surface area contributed by atoms with E-state index in [1.54, 1.807) is 18.3 Å². The van der Waals surface area contributed by atoms with Crippen LogP contribution in [-0.4, -0.2) is 30.5 Å². The second-order valence-corrected chi connectivity index (χ2v) is 8.39. The van der Waals surface area contributed by atoms with E-state index in [4.69, 9.17) is 4.74 Å². The maximum atomic E-state index is 13.7. The van der Waals surface area contributed by atoms with Gasteiger partial charge in [0, 0.05) is 30.0 Å². The van der Waals surface area contributed by atoms with E-state index in [-0.39, 0.29) is 22.2 Å². The summed E-state index contributed by atoms with van der Waals surface area (Å²) in [6.45, 7) is 0. The Bertz CT molecular complexity index is 1380. The van der Waals surface area contributed by atoms with Crippen LogP contribution >= 0.6 is 0 Å². The Balaban J connectivity index is 1.98. The van der Waals surface area contributed by atoms with Crippen LogP contribution in [0.5, 0.6) is 5.75 Å². The smallest absolute Gasteiger partial charge is 0.416 e. The summed E-state index contributed by atoms with van der Waals surface area (Å²) < 4.78 is 73.6. The molecule has 32 heavy (non-hydrogen) atoms. The molecule has 2 heterocycles. The summed E-state index contributed by atoms with van der Waals surface area (Å²) in [5.74, 6) is -0.224. The molecule has 0 fully saturated rings. The maximum Gasteiger partial charge on any atom is 0.416 e. The van der Waals surface area contributed by atoms with Crippen LogP contribution in [0.3, 0.4) is 0 Å². The summed E-state index contributed by atoms with van der Waals surface area (Å²) in [6.07, 6.45) is 0.777. The molecule has 0 radical (unpaired) electrons. The maximum absolute atomic E-state index is 13.7. The van der Waals surface area contributed by atoms with Gasteiger partial charge in [0.25, 0.3) is 10.0 Å². The van der Waals surface area contributed by atoms with Gasteiger partial charge in [0.15, 0.2) is 5.82 Å². The van der Waals surface area contributed by atoms with Crippen molar-refractivity contribution in [3.63, 3.8) is 0 Å². The quantitative estimate of drug-likeness (QED) is 0.434. The van der Waals surface area contributed by atoms with Gasteiger partial charge in [-0.2, -0.15) is 13.2 Å². The average Bonchev–Trinajstić information content (AvgIpc) is 2.79. The SMILES string of the molecule is COc1ccc(C(F)(F)F)cc1N(c1ccncn1)S(=O)(=O)c1ccc2cnccc2c1. The molecule has 0 spiro atoms. The molecule has 7 nitrogen and oxygen atoms in total. The molecule has 2 aromatic heterocycles. The van der Waals surface area contributed by atoms with Gasteiger partial charge in [-0.3, -0.25) is 4.98 Å². The zero-order chi connectivity index (χ0) is 22.9. The molecule has 0 saturated carbocycles. The lowest BCUT2D eigenvalue weighted by Crippen LogP contribution is -2.28. The number of sulfonamides is 1. The molecular formula is C21H15F3N4O3S. The molecule has 0 aliphatic rings. The van der Waals surface area contributed by atoms with Crippen molar-refractivity contribution in [1.29, 1.82) is 0 Å². The van der Waals surface area contributed by atoms with E-state index < -0.39 is 21.8 Å². The summed E-state index contributed by atoms with van der Waals surface area (Å²) in [4.78, 5) is 11.6. The molecule has 164 valence electrons. The Labute approximate surface area is 181 Å². The minimum atomic E-state index is -4.70. The molecule has 0 bridgehead atoms. The number of alkyl halides is 3. The van der Waals surface area contributed by atoms with Crippen molar-refractivity contribution >= 4 is 32.3 Å². The third-order valence-corrected chi connectivity index (χ3v) is 6.36. The van der Waals surface area contributed by atoms with Gasteiger partial charge in [-0.25, -0.2) is 22.7 Å². The first-order chi connectivity index (χ1) is 15.2. The Morgan fingerprint density at radius 1 is 0.938 bits per heavy atom. The van der Waals surface area contributed by atoms with Gasteiger partial charge in [-0.15, -0.1) is 0 Å².